The first-order valence-electron chi connectivity index (χ1n) is 4.08. The van der Waals surface area contributed by atoms with E-state index in [0.717, 1.165) is 5.22 Å². The first-order valence-corrected chi connectivity index (χ1v) is 4.08. The molecular formula is C11H13N. The van der Waals surface area contributed by atoms with Gasteiger partial charge < -0.3 is 0 Å². The van der Waals surface area contributed by atoms with Crippen molar-refractivity contribution >= 4 is 18.5 Å². The molecule has 0 aliphatic carbocycles. The van der Waals surface area contributed by atoms with Gasteiger partial charge in [0.05, 0.1) is 0 Å². The van der Waals surface area contributed by atoms with E-state index in [1.54, 1.807) is 6.21 Å². The van der Waals surface area contributed by atoms with Crippen LogP contribution in [-0.2, 0) is 0 Å². The van der Waals surface area contributed by atoms with Crippen LogP contribution in [0.5, 0.6) is 0 Å². The molecule has 0 aromatic heterocycles. The van der Waals surface area contributed by atoms with Crippen molar-refractivity contribution < 1.29 is 0 Å². The molecular weight excluding hydrogens is 146 g/mol. The van der Waals surface area contributed by atoms with E-state index in [1.807, 2.05) is 32.2 Å². The lowest BCUT2D eigenvalue weighted by atomic mass is 10.2. The fourth-order valence-electron chi connectivity index (χ4n) is 1.05. The van der Waals surface area contributed by atoms with Gasteiger partial charge in [0.1, 0.15) is 0 Å². The quantitative estimate of drug-likeness (QED) is 0.548. The highest BCUT2D eigenvalue weighted by Crippen LogP contribution is 1.73. The maximum Gasteiger partial charge on any atom is 0.0342 e. The van der Waals surface area contributed by atoms with Gasteiger partial charge in [-0.05, 0) is 24.3 Å². The van der Waals surface area contributed by atoms with Gasteiger partial charge in [-0.3, -0.25) is 4.99 Å². The molecule has 0 spiro atoms. The number of nitrogens with zero attached hydrogens (tertiary/aromatic N) is 1. The van der Waals surface area contributed by atoms with E-state index in [0.29, 0.717) is 0 Å². The van der Waals surface area contributed by atoms with Crippen molar-refractivity contribution in [1.82, 2.24) is 0 Å². The summed E-state index contributed by atoms with van der Waals surface area (Å²) >= 11 is 0. The molecule has 0 amide bonds. The van der Waals surface area contributed by atoms with Crippen molar-refractivity contribution in [3.8, 4) is 0 Å². The van der Waals surface area contributed by atoms with Crippen LogP contribution in [0.3, 0.4) is 0 Å². The summed E-state index contributed by atoms with van der Waals surface area (Å²) in [6.07, 6.45) is 5.73. The predicted molar refractivity (Wildman–Crippen MR) is 54.5 cm³/mol. The second-order valence-electron chi connectivity index (χ2n) is 2.45. The summed E-state index contributed by atoms with van der Waals surface area (Å²) in [6.45, 7) is 3.94. The van der Waals surface area contributed by atoms with Crippen molar-refractivity contribution in [3.05, 3.63) is 34.7 Å². The Bertz CT molecular complexity index is 374. The van der Waals surface area contributed by atoms with Gasteiger partial charge in [-0.1, -0.05) is 30.3 Å². The molecule has 0 aliphatic rings. The lowest BCUT2D eigenvalue weighted by molar-refractivity contribution is 1.48. The van der Waals surface area contributed by atoms with Gasteiger partial charge in [0, 0.05) is 12.4 Å². The zero-order chi connectivity index (χ0) is 8.81. The summed E-state index contributed by atoms with van der Waals surface area (Å²) < 4.78 is 0. The van der Waals surface area contributed by atoms with Crippen LogP contribution in [0, 0.1) is 0 Å². The van der Waals surface area contributed by atoms with Gasteiger partial charge in [0.2, 0.25) is 0 Å². The molecule has 12 heavy (non-hydrogen) atoms. The third-order valence-corrected chi connectivity index (χ3v) is 1.67. The number of aliphatic imine (C=N–C) groups is 1. The summed E-state index contributed by atoms with van der Waals surface area (Å²) in [6, 6.07) is 8.19. The minimum absolute atomic E-state index is 1.16. The topological polar surface area (TPSA) is 12.4 Å². The second kappa shape index (κ2) is 4.50. The smallest absolute Gasteiger partial charge is 0.0342 e. The van der Waals surface area contributed by atoms with Crippen LogP contribution in [0.25, 0.3) is 12.3 Å². The SMILES string of the molecule is C\C=N/C=c1/cccc/c1=C/C. The lowest BCUT2D eigenvalue weighted by Gasteiger charge is -1.86. The molecule has 0 unspecified atom stereocenters. The van der Waals surface area contributed by atoms with E-state index < -0.39 is 0 Å². The Morgan fingerprint density at radius 3 is 2.33 bits per heavy atom. The van der Waals surface area contributed by atoms with Gasteiger partial charge in [-0.2, -0.15) is 0 Å². The Morgan fingerprint density at radius 1 is 1.08 bits per heavy atom. The van der Waals surface area contributed by atoms with Crippen LogP contribution in [0.15, 0.2) is 29.3 Å². The summed E-state index contributed by atoms with van der Waals surface area (Å²) in [4.78, 5) is 4.08. The standard InChI is InChI=1S/C11H13N/c1-3-10-7-5-6-8-11(10)9-12-4-2/h3-9H,1-2H3/b10-3-,11-9-,12-4-. The van der Waals surface area contributed by atoms with Crippen LogP contribution in [0.4, 0.5) is 0 Å². The normalized spacial score (nSPS) is 14.5. The van der Waals surface area contributed by atoms with Crippen LogP contribution in [0.2, 0.25) is 0 Å². The van der Waals surface area contributed by atoms with Gasteiger partial charge in [-0.15, -0.1) is 0 Å². The van der Waals surface area contributed by atoms with Gasteiger partial charge in [-0.25, -0.2) is 0 Å². The number of hydrogen-bond donors (Lipinski definition) is 0. The predicted octanol–water partition coefficient (Wildman–Crippen LogP) is 1.32. The van der Waals surface area contributed by atoms with E-state index in [4.69, 9.17) is 0 Å². The molecule has 0 radical (unpaired) electrons. The average molecular weight is 159 g/mol. The largest absolute Gasteiger partial charge is 0.269 e. The molecule has 0 saturated heterocycles. The number of benzene rings is 1. The zero-order valence-electron chi connectivity index (χ0n) is 7.49. The van der Waals surface area contributed by atoms with E-state index in [2.05, 4.69) is 23.2 Å². The second-order valence-corrected chi connectivity index (χ2v) is 2.45. The first-order chi connectivity index (χ1) is 5.88. The lowest BCUT2D eigenvalue weighted by Crippen LogP contribution is -2.22. The molecule has 0 atom stereocenters. The van der Waals surface area contributed by atoms with Gasteiger partial charge >= 0.3 is 0 Å². The number of rotatable bonds is 1. The molecule has 1 rings (SSSR count). The van der Waals surface area contributed by atoms with Gasteiger partial charge in [0.25, 0.3) is 0 Å². The van der Waals surface area contributed by atoms with E-state index in [-0.39, 0.29) is 0 Å². The Morgan fingerprint density at radius 2 is 1.75 bits per heavy atom. The highest BCUT2D eigenvalue weighted by molar-refractivity contribution is 5.57. The zero-order valence-corrected chi connectivity index (χ0v) is 7.49. The minimum Gasteiger partial charge on any atom is -0.269 e. The average Bonchev–Trinajstić information content (AvgIpc) is 2.15. The highest BCUT2D eigenvalue weighted by atomic mass is 14.6. The summed E-state index contributed by atoms with van der Waals surface area (Å²) in [5.41, 5.74) is 0. The molecule has 1 nitrogen and oxygen atoms in total. The first kappa shape index (κ1) is 8.72. The molecule has 1 aromatic rings. The van der Waals surface area contributed by atoms with Crippen LogP contribution < -0.4 is 10.4 Å². The maximum absolute atomic E-state index is 4.08. The van der Waals surface area contributed by atoms with Crippen molar-refractivity contribution in [2.24, 2.45) is 4.99 Å². The van der Waals surface area contributed by atoms with Crippen molar-refractivity contribution in [1.29, 1.82) is 0 Å². The minimum atomic E-state index is 1.16. The third kappa shape index (κ3) is 2.06. The molecule has 0 N–H and O–H groups in total. The highest BCUT2D eigenvalue weighted by Gasteiger charge is 1.79. The molecule has 1 heteroatoms. The maximum atomic E-state index is 4.08. The third-order valence-electron chi connectivity index (χ3n) is 1.67. The van der Waals surface area contributed by atoms with E-state index in [1.165, 1.54) is 5.22 Å². The molecule has 0 fully saturated rings. The molecule has 0 bridgehead atoms. The molecule has 0 saturated carbocycles. The van der Waals surface area contributed by atoms with Crippen molar-refractivity contribution in [3.63, 3.8) is 0 Å². The molecule has 0 heterocycles. The Balaban J connectivity index is 3.33. The van der Waals surface area contributed by atoms with Crippen LogP contribution >= 0.6 is 0 Å². The van der Waals surface area contributed by atoms with E-state index >= 15 is 0 Å². The Labute approximate surface area is 72.8 Å². The molecule has 62 valence electrons. The Kier molecular flexibility index (Phi) is 3.27. The fourth-order valence-corrected chi connectivity index (χ4v) is 1.05. The van der Waals surface area contributed by atoms with Crippen LogP contribution in [0.1, 0.15) is 13.8 Å². The molecule has 1 aromatic carbocycles. The summed E-state index contributed by atoms with van der Waals surface area (Å²) in [5.74, 6) is 0. The van der Waals surface area contributed by atoms with E-state index in [9.17, 15) is 0 Å². The van der Waals surface area contributed by atoms with Crippen molar-refractivity contribution in [2.75, 3.05) is 0 Å². The number of hydrogen-bond acceptors (Lipinski definition) is 1. The Hall–Kier alpha value is -1.37. The van der Waals surface area contributed by atoms with Gasteiger partial charge in [0.15, 0.2) is 0 Å². The van der Waals surface area contributed by atoms with Crippen molar-refractivity contribution in [2.45, 2.75) is 13.8 Å². The summed E-state index contributed by atoms with van der Waals surface area (Å²) in [5, 5.41) is 2.39. The fraction of sp³-hybridized carbons (Fsp3) is 0.182. The molecule has 0 aliphatic heterocycles. The monoisotopic (exact) mass is 159 g/mol. The van der Waals surface area contributed by atoms with Crippen LogP contribution in [-0.4, -0.2) is 6.21 Å². The summed E-state index contributed by atoms with van der Waals surface area (Å²) in [7, 11) is 0.